The van der Waals surface area contributed by atoms with Crippen molar-refractivity contribution in [3.05, 3.63) is 23.8 Å². The highest BCUT2D eigenvalue weighted by atomic mass is 35.5. The van der Waals surface area contributed by atoms with Gasteiger partial charge in [0.1, 0.15) is 0 Å². The molecule has 0 radical (unpaired) electrons. The van der Waals surface area contributed by atoms with Crippen LogP contribution >= 0.6 is 12.4 Å². The number of rotatable bonds is 4. The second-order valence-corrected chi connectivity index (χ2v) is 4.78. The van der Waals surface area contributed by atoms with Gasteiger partial charge < -0.3 is 14.8 Å². The fourth-order valence-corrected chi connectivity index (χ4v) is 2.39. The van der Waals surface area contributed by atoms with Crippen LogP contribution in [0.25, 0.3) is 0 Å². The van der Waals surface area contributed by atoms with E-state index in [4.69, 9.17) is 9.47 Å². The van der Waals surface area contributed by atoms with Crippen LogP contribution in [0.5, 0.6) is 11.5 Å². The summed E-state index contributed by atoms with van der Waals surface area (Å²) in [5.74, 6) is 1.59. The highest BCUT2D eigenvalue weighted by Crippen LogP contribution is 2.28. The summed E-state index contributed by atoms with van der Waals surface area (Å²) in [4.78, 5) is 2.46. The summed E-state index contributed by atoms with van der Waals surface area (Å²) >= 11 is 0. The van der Waals surface area contributed by atoms with Crippen molar-refractivity contribution in [2.24, 2.45) is 0 Å². The van der Waals surface area contributed by atoms with Gasteiger partial charge in [-0.25, -0.2) is 0 Å². The van der Waals surface area contributed by atoms with E-state index in [1.807, 2.05) is 6.07 Å². The van der Waals surface area contributed by atoms with E-state index < -0.39 is 0 Å². The molecule has 19 heavy (non-hydrogen) atoms. The van der Waals surface area contributed by atoms with E-state index in [9.17, 15) is 0 Å². The molecule has 0 saturated carbocycles. The van der Waals surface area contributed by atoms with Gasteiger partial charge in [-0.15, -0.1) is 12.4 Å². The van der Waals surface area contributed by atoms with Crippen molar-refractivity contribution >= 4 is 12.4 Å². The maximum atomic E-state index is 5.33. The Bertz CT molecular complexity index is 401. The zero-order valence-corrected chi connectivity index (χ0v) is 12.6. The van der Waals surface area contributed by atoms with E-state index in [0.29, 0.717) is 6.04 Å². The molecule has 1 aromatic carbocycles. The molecule has 1 saturated heterocycles. The van der Waals surface area contributed by atoms with Crippen LogP contribution in [-0.4, -0.2) is 44.8 Å². The van der Waals surface area contributed by atoms with Crippen molar-refractivity contribution in [2.75, 3.05) is 33.9 Å². The average molecular weight is 287 g/mol. The van der Waals surface area contributed by atoms with Gasteiger partial charge >= 0.3 is 0 Å². The van der Waals surface area contributed by atoms with Gasteiger partial charge in [-0.2, -0.15) is 0 Å². The second-order valence-electron chi connectivity index (χ2n) is 4.78. The molecule has 2 rings (SSSR count). The number of piperazine rings is 1. The molecule has 0 unspecified atom stereocenters. The number of hydrogen-bond donors (Lipinski definition) is 1. The molecule has 1 aromatic rings. The van der Waals surface area contributed by atoms with E-state index >= 15 is 0 Å². The summed E-state index contributed by atoms with van der Waals surface area (Å²) in [6, 6.07) is 6.71. The number of nitrogens with zero attached hydrogens (tertiary/aromatic N) is 1. The zero-order chi connectivity index (χ0) is 13.0. The first-order chi connectivity index (χ1) is 8.72. The van der Waals surface area contributed by atoms with Crippen molar-refractivity contribution in [3.63, 3.8) is 0 Å². The maximum Gasteiger partial charge on any atom is 0.161 e. The zero-order valence-electron chi connectivity index (χ0n) is 11.8. The summed E-state index contributed by atoms with van der Waals surface area (Å²) in [7, 11) is 3.34. The Labute approximate surface area is 121 Å². The van der Waals surface area contributed by atoms with Crippen molar-refractivity contribution in [2.45, 2.75) is 19.5 Å². The summed E-state index contributed by atoms with van der Waals surface area (Å²) in [5, 5.41) is 3.45. The van der Waals surface area contributed by atoms with Gasteiger partial charge in [0.15, 0.2) is 11.5 Å². The molecule has 5 heteroatoms. The second kappa shape index (κ2) is 7.58. The van der Waals surface area contributed by atoms with Crippen LogP contribution in [0.4, 0.5) is 0 Å². The lowest BCUT2D eigenvalue weighted by atomic mass is 10.1. The summed E-state index contributed by atoms with van der Waals surface area (Å²) in [5.41, 5.74) is 1.27. The highest BCUT2D eigenvalue weighted by Gasteiger charge is 2.16. The Hall–Kier alpha value is -0.970. The SMILES string of the molecule is COc1ccc(CN2CCN[C@@H](C)C2)cc1OC.Cl. The van der Waals surface area contributed by atoms with Crippen LogP contribution in [0.2, 0.25) is 0 Å². The van der Waals surface area contributed by atoms with Crippen molar-refractivity contribution in [1.29, 1.82) is 0 Å². The number of methoxy groups -OCH3 is 2. The van der Waals surface area contributed by atoms with Gasteiger partial charge in [0.05, 0.1) is 14.2 Å². The standard InChI is InChI=1S/C14H22N2O2.ClH/c1-11-9-16(7-6-15-11)10-12-4-5-13(17-2)14(8-12)18-3;/h4-5,8,11,15H,6-7,9-10H2,1-3H3;1H/t11-;/m0./s1. The minimum absolute atomic E-state index is 0. The number of ether oxygens (including phenoxy) is 2. The molecule has 1 fully saturated rings. The Morgan fingerprint density at radius 3 is 2.63 bits per heavy atom. The first-order valence-corrected chi connectivity index (χ1v) is 6.39. The lowest BCUT2D eigenvalue weighted by Gasteiger charge is -2.31. The highest BCUT2D eigenvalue weighted by molar-refractivity contribution is 5.85. The minimum Gasteiger partial charge on any atom is -0.493 e. The fraction of sp³-hybridized carbons (Fsp3) is 0.571. The van der Waals surface area contributed by atoms with Crippen LogP contribution in [0.1, 0.15) is 12.5 Å². The molecule has 0 spiro atoms. The smallest absolute Gasteiger partial charge is 0.161 e. The number of halogens is 1. The molecule has 0 amide bonds. The van der Waals surface area contributed by atoms with Gasteiger partial charge in [0.25, 0.3) is 0 Å². The summed E-state index contributed by atoms with van der Waals surface area (Å²) < 4.78 is 10.6. The number of nitrogens with one attached hydrogen (secondary N) is 1. The molecule has 108 valence electrons. The predicted molar refractivity (Wildman–Crippen MR) is 79.5 cm³/mol. The molecule has 0 aromatic heterocycles. The van der Waals surface area contributed by atoms with Crippen LogP contribution in [-0.2, 0) is 6.54 Å². The molecule has 0 aliphatic carbocycles. The number of benzene rings is 1. The normalized spacial score (nSPS) is 19.6. The molecular formula is C14H23ClN2O2. The largest absolute Gasteiger partial charge is 0.493 e. The molecule has 1 atom stereocenters. The molecule has 0 bridgehead atoms. The fourth-order valence-electron chi connectivity index (χ4n) is 2.39. The van der Waals surface area contributed by atoms with E-state index in [1.165, 1.54) is 5.56 Å². The Morgan fingerprint density at radius 2 is 2.00 bits per heavy atom. The van der Waals surface area contributed by atoms with Crippen LogP contribution in [0.3, 0.4) is 0 Å². The minimum atomic E-state index is 0. The lowest BCUT2D eigenvalue weighted by Crippen LogP contribution is -2.48. The average Bonchev–Trinajstić information content (AvgIpc) is 2.38. The van der Waals surface area contributed by atoms with E-state index in [-0.39, 0.29) is 12.4 Å². The Balaban J connectivity index is 0.00000180. The van der Waals surface area contributed by atoms with E-state index in [0.717, 1.165) is 37.7 Å². The van der Waals surface area contributed by atoms with E-state index in [1.54, 1.807) is 14.2 Å². The van der Waals surface area contributed by atoms with E-state index in [2.05, 4.69) is 29.3 Å². The molecule has 4 nitrogen and oxygen atoms in total. The molecule has 1 aliphatic heterocycles. The lowest BCUT2D eigenvalue weighted by molar-refractivity contribution is 0.199. The first-order valence-electron chi connectivity index (χ1n) is 6.39. The topological polar surface area (TPSA) is 33.7 Å². The van der Waals surface area contributed by atoms with Crippen LogP contribution < -0.4 is 14.8 Å². The quantitative estimate of drug-likeness (QED) is 0.917. The Morgan fingerprint density at radius 1 is 1.26 bits per heavy atom. The maximum absolute atomic E-state index is 5.33. The summed E-state index contributed by atoms with van der Waals surface area (Å²) in [6.45, 7) is 6.44. The van der Waals surface area contributed by atoms with Crippen LogP contribution in [0, 0.1) is 0 Å². The van der Waals surface area contributed by atoms with Crippen molar-refractivity contribution < 1.29 is 9.47 Å². The third-order valence-corrected chi connectivity index (χ3v) is 3.31. The predicted octanol–water partition coefficient (Wildman–Crippen LogP) is 1.92. The molecule has 1 N–H and O–H groups in total. The van der Waals surface area contributed by atoms with Crippen LogP contribution in [0.15, 0.2) is 18.2 Å². The van der Waals surface area contributed by atoms with Gasteiger partial charge in [-0.3, -0.25) is 4.90 Å². The van der Waals surface area contributed by atoms with Crippen molar-refractivity contribution in [1.82, 2.24) is 10.2 Å². The number of hydrogen-bond acceptors (Lipinski definition) is 4. The summed E-state index contributed by atoms with van der Waals surface area (Å²) in [6.07, 6.45) is 0. The van der Waals surface area contributed by atoms with Gasteiger partial charge in [-0.1, -0.05) is 6.07 Å². The molecule has 1 heterocycles. The molecular weight excluding hydrogens is 264 g/mol. The first kappa shape index (κ1) is 16.1. The third-order valence-electron chi connectivity index (χ3n) is 3.31. The monoisotopic (exact) mass is 286 g/mol. The molecule has 1 aliphatic rings. The Kier molecular flexibility index (Phi) is 6.42. The van der Waals surface area contributed by atoms with Gasteiger partial charge in [-0.05, 0) is 24.6 Å². The van der Waals surface area contributed by atoms with Crippen molar-refractivity contribution in [3.8, 4) is 11.5 Å². The van der Waals surface area contributed by atoms with Gasteiger partial charge in [0.2, 0.25) is 0 Å². The third kappa shape index (κ3) is 4.27. The van der Waals surface area contributed by atoms with Gasteiger partial charge in [0, 0.05) is 32.2 Å².